The first kappa shape index (κ1) is 13.2. The minimum Gasteiger partial charge on any atom is -0.465 e. The number of methoxy groups -OCH3 is 1. The van der Waals surface area contributed by atoms with Crippen LogP contribution < -0.4 is 5.32 Å². The summed E-state index contributed by atoms with van der Waals surface area (Å²) in [6, 6.07) is 8.73. The Labute approximate surface area is 116 Å². The van der Waals surface area contributed by atoms with Gasteiger partial charge >= 0.3 is 5.97 Å². The number of carbonyl (C=O) groups excluding carboxylic acids is 1. The number of hydrogen-bond acceptors (Lipinski definition) is 4. The van der Waals surface area contributed by atoms with E-state index in [-0.39, 0.29) is 5.97 Å². The van der Waals surface area contributed by atoms with Crippen molar-refractivity contribution in [1.82, 2.24) is 9.78 Å². The van der Waals surface area contributed by atoms with Gasteiger partial charge in [0.15, 0.2) is 5.11 Å². The van der Waals surface area contributed by atoms with Gasteiger partial charge in [-0.1, -0.05) is 0 Å². The van der Waals surface area contributed by atoms with Gasteiger partial charge in [-0.2, -0.15) is 5.10 Å². The number of hydrogen-bond donors (Lipinski definition) is 1. The van der Waals surface area contributed by atoms with Gasteiger partial charge in [-0.05, 0) is 49.5 Å². The van der Waals surface area contributed by atoms with Crippen LogP contribution in [0.3, 0.4) is 0 Å². The molecule has 0 bridgehead atoms. The third-order valence-corrected chi connectivity index (χ3v) is 2.78. The van der Waals surface area contributed by atoms with E-state index in [2.05, 4.69) is 15.2 Å². The minimum atomic E-state index is -0.364. The number of rotatable bonds is 2. The maximum absolute atomic E-state index is 11.3. The SMILES string of the molecule is COC(=O)c1ccc(NC(=S)n2ccc(C)n2)cc1. The lowest BCUT2D eigenvalue weighted by atomic mass is 10.2. The quantitative estimate of drug-likeness (QED) is 0.673. The van der Waals surface area contributed by atoms with Crippen LogP contribution >= 0.6 is 12.2 Å². The number of nitrogens with one attached hydrogen (secondary N) is 1. The van der Waals surface area contributed by atoms with Crippen LogP contribution in [-0.2, 0) is 4.74 Å². The standard InChI is InChI=1S/C13H13N3O2S/c1-9-7-8-16(15-9)13(19)14-11-5-3-10(4-6-11)12(17)18-2/h3-8H,1-2H3,(H,14,19). The summed E-state index contributed by atoms with van der Waals surface area (Å²) in [5.74, 6) is -0.364. The number of ether oxygens (including phenoxy) is 1. The molecule has 1 N–H and O–H groups in total. The topological polar surface area (TPSA) is 56.1 Å². The highest BCUT2D eigenvalue weighted by Crippen LogP contribution is 2.11. The van der Waals surface area contributed by atoms with Crippen molar-refractivity contribution in [2.24, 2.45) is 0 Å². The molecular weight excluding hydrogens is 262 g/mol. The van der Waals surface area contributed by atoms with Crippen molar-refractivity contribution in [1.29, 1.82) is 0 Å². The lowest BCUT2D eigenvalue weighted by Crippen LogP contribution is -2.19. The van der Waals surface area contributed by atoms with E-state index in [1.54, 1.807) is 35.1 Å². The largest absolute Gasteiger partial charge is 0.465 e. The van der Waals surface area contributed by atoms with E-state index in [0.717, 1.165) is 11.4 Å². The van der Waals surface area contributed by atoms with Crippen molar-refractivity contribution in [2.45, 2.75) is 6.92 Å². The molecule has 1 heterocycles. The third-order valence-electron chi connectivity index (χ3n) is 2.49. The van der Waals surface area contributed by atoms with Crippen molar-refractivity contribution in [2.75, 3.05) is 12.4 Å². The Kier molecular flexibility index (Phi) is 3.91. The molecular formula is C13H13N3O2S. The van der Waals surface area contributed by atoms with Crippen molar-refractivity contribution >= 4 is 29.0 Å². The number of aromatic nitrogens is 2. The zero-order chi connectivity index (χ0) is 13.8. The van der Waals surface area contributed by atoms with Crippen LogP contribution in [0.1, 0.15) is 16.1 Å². The van der Waals surface area contributed by atoms with Gasteiger partial charge in [0.25, 0.3) is 0 Å². The van der Waals surface area contributed by atoms with E-state index in [9.17, 15) is 4.79 Å². The molecule has 0 aliphatic rings. The number of anilines is 1. The molecule has 5 nitrogen and oxygen atoms in total. The number of aryl methyl sites for hydroxylation is 1. The molecule has 98 valence electrons. The molecule has 0 fully saturated rings. The molecule has 0 spiro atoms. The third kappa shape index (κ3) is 3.17. The van der Waals surface area contributed by atoms with Gasteiger partial charge in [0, 0.05) is 11.9 Å². The molecule has 19 heavy (non-hydrogen) atoms. The highest BCUT2D eigenvalue weighted by molar-refractivity contribution is 7.80. The van der Waals surface area contributed by atoms with Crippen LogP contribution in [0.15, 0.2) is 36.5 Å². The molecule has 2 rings (SSSR count). The Bertz CT molecular complexity index is 605. The van der Waals surface area contributed by atoms with Crippen LogP contribution in [0.2, 0.25) is 0 Å². The number of esters is 1. The molecule has 0 unspecified atom stereocenters. The predicted octanol–water partition coefficient (Wildman–Crippen LogP) is 2.22. The van der Waals surface area contributed by atoms with Gasteiger partial charge in [-0.25, -0.2) is 9.48 Å². The number of carbonyl (C=O) groups is 1. The summed E-state index contributed by atoms with van der Waals surface area (Å²) in [5.41, 5.74) is 2.17. The summed E-state index contributed by atoms with van der Waals surface area (Å²) in [7, 11) is 1.35. The summed E-state index contributed by atoms with van der Waals surface area (Å²) >= 11 is 5.22. The Balaban J connectivity index is 2.07. The average Bonchev–Trinajstić information content (AvgIpc) is 2.85. The zero-order valence-electron chi connectivity index (χ0n) is 10.6. The van der Waals surface area contributed by atoms with Gasteiger partial charge in [0.2, 0.25) is 0 Å². The Morgan fingerprint density at radius 2 is 2.00 bits per heavy atom. The van der Waals surface area contributed by atoms with Crippen molar-refractivity contribution < 1.29 is 9.53 Å². The fourth-order valence-electron chi connectivity index (χ4n) is 1.52. The lowest BCUT2D eigenvalue weighted by Gasteiger charge is -2.08. The van der Waals surface area contributed by atoms with Gasteiger partial charge in [0.1, 0.15) is 0 Å². The van der Waals surface area contributed by atoms with Crippen LogP contribution in [0.4, 0.5) is 5.69 Å². The molecule has 0 saturated carbocycles. The van der Waals surface area contributed by atoms with E-state index in [1.807, 2.05) is 13.0 Å². The lowest BCUT2D eigenvalue weighted by molar-refractivity contribution is 0.0601. The minimum absolute atomic E-state index is 0.364. The fraction of sp³-hybridized carbons (Fsp3) is 0.154. The zero-order valence-corrected chi connectivity index (χ0v) is 11.4. The Morgan fingerprint density at radius 3 is 2.53 bits per heavy atom. The Hall–Kier alpha value is -2.21. The van der Waals surface area contributed by atoms with Crippen molar-refractivity contribution in [3.63, 3.8) is 0 Å². The summed E-state index contributed by atoms with van der Waals surface area (Å²) in [6.07, 6.45) is 1.79. The highest BCUT2D eigenvalue weighted by Gasteiger charge is 2.06. The summed E-state index contributed by atoms with van der Waals surface area (Å²) in [4.78, 5) is 11.3. The van der Waals surface area contributed by atoms with E-state index in [1.165, 1.54) is 7.11 Å². The second kappa shape index (κ2) is 5.62. The molecule has 0 atom stereocenters. The molecule has 1 aromatic carbocycles. The average molecular weight is 275 g/mol. The van der Waals surface area contributed by atoms with Crippen molar-refractivity contribution in [3.05, 3.63) is 47.8 Å². The number of thiocarbonyl (C=S) groups is 1. The van der Waals surface area contributed by atoms with Crippen molar-refractivity contribution in [3.8, 4) is 0 Å². The first-order valence-corrected chi connectivity index (χ1v) is 6.03. The van der Waals surface area contributed by atoms with Crippen LogP contribution in [0.5, 0.6) is 0 Å². The van der Waals surface area contributed by atoms with E-state index < -0.39 is 0 Å². The Morgan fingerprint density at radius 1 is 1.32 bits per heavy atom. The van der Waals surface area contributed by atoms with E-state index in [0.29, 0.717) is 10.7 Å². The smallest absolute Gasteiger partial charge is 0.337 e. The summed E-state index contributed by atoms with van der Waals surface area (Å²) in [5, 5.41) is 7.71. The summed E-state index contributed by atoms with van der Waals surface area (Å²) < 4.78 is 6.21. The van der Waals surface area contributed by atoms with Crippen LogP contribution in [0, 0.1) is 6.92 Å². The first-order valence-electron chi connectivity index (χ1n) is 5.62. The molecule has 0 amide bonds. The van der Waals surface area contributed by atoms with Gasteiger partial charge in [0.05, 0.1) is 18.4 Å². The number of benzene rings is 1. The maximum Gasteiger partial charge on any atom is 0.337 e. The predicted molar refractivity (Wildman–Crippen MR) is 76.4 cm³/mol. The molecule has 0 radical (unpaired) electrons. The van der Waals surface area contributed by atoms with Gasteiger partial charge < -0.3 is 10.1 Å². The maximum atomic E-state index is 11.3. The van der Waals surface area contributed by atoms with Gasteiger partial charge in [-0.3, -0.25) is 0 Å². The molecule has 1 aromatic heterocycles. The normalized spacial score (nSPS) is 10.0. The monoisotopic (exact) mass is 275 g/mol. The summed E-state index contributed by atoms with van der Waals surface area (Å²) in [6.45, 7) is 1.89. The van der Waals surface area contributed by atoms with E-state index in [4.69, 9.17) is 12.2 Å². The van der Waals surface area contributed by atoms with Crippen LogP contribution in [0.25, 0.3) is 0 Å². The molecule has 0 aliphatic heterocycles. The van der Waals surface area contributed by atoms with Crippen LogP contribution in [-0.4, -0.2) is 28.0 Å². The fourth-order valence-corrected chi connectivity index (χ4v) is 1.74. The molecule has 0 aliphatic carbocycles. The first-order chi connectivity index (χ1) is 9.10. The second-order valence-electron chi connectivity index (χ2n) is 3.90. The van der Waals surface area contributed by atoms with E-state index >= 15 is 0 Å². The molecule has 2 aromatic rings. The molecule has 0 saturated heterocycles. The number of nitrogens with zero attached hydrogens (tertiary/aromatic N) is 2. The molecule has 6 heteroatoms. The second-order valence-corrected chi connectivity index (χ2v) is 4.29. The van der Waals surface area contributed by atoms with Gasteiger partial charge in [-0.15, -0.1) is 0 Å². The highest BCUT2D eigenvalue weighted by atomic mass is 32.1.